The Morgan fingerprint density at radius 2 is 1.96 bits per heavy atom. The zero-order valence-electron chi connectivity index (χ0n) is 14.4. The van der Waals surface area contributed by atoms with Crippen molar-refractivity contribution >= 4 is 17.9 Å². The molecule has 1 saturated carbocycles. The van der Waals surface area contributed by atoms with E-state index in [-0.39, 0.29) is 0 Å². The number of hydroxylamine groups is 1. The molecule has 1 aromatic rings. The minimum absolute atomic E-state index is 0.390. The van der Waals surface area contributed by atoms with Crippen LogP contribution in [0.2, 0.25) is 0 Å². The predicted octanol–water partition coefficient (Wildman–Crippen LogP) is 1.45. The smallest absolute Gasteiger partial charge is 0.267 e. The molecule has 2 rings (SSSR count). The summed E-state index contributed by atoms with van der Waals surface area (Å²) in [5.74, 6) is 5.48. The fourth-order valence-electron chi connectivity index (χ4n) is 2.15. The molecule has 25 heavy (non-hydrogen) atoms. The fraction of sp³-hybridized carbons (Fsp3) is 0.368. The Kier molecular flexibility index (Phi) is 5.97. The van der Waals surface area contributed by atoms with Gasteiger partial charge in [-0.2, -0.15) is 0 Å². The van der Waals surface area contributed by atoms with E-state index in [1.807, 2.05) is 6.08 Å². The zero-order chi connectivity index (χ0) is 18.4. The first kappa shape index (κ1) is 18.7. The first-order valence-electron chi connectivity index (χ1n) is 8.12. The van der Waals surface area contributed by atoms with Crippen molar-refractivity contribution < 1.29 is 14.8 Å². The largest absolute Gasteiger partial charge is 0.338 e. The zero-order valence-corrected chi connectivity index (χ0v) is 14.4. The minimum atomic E-state index is -1.07. The predicted molar refractivity (Wildman–Crippen MR) is 95.4 cm³/mol. The first-order chi connectivity index (χ1) is 11.8. The van der Waals surface area contributed by atoms with E-state index < -0.39 is 23.4 Å². The van der Waals surface area contributed by atoms with Crippen LogP contribution in [0.4, 0.5) is 0 Å². The molecule has 0 saturated heterocycles. The van der Waals surface area contributed by atoms with E-state index in [4.69, 9.17) is 10.9 Å². The van der Waals surface area contributed by atoms with Gasteiger partial charge in [0.25, 0.3) is 11.8 Å². The minimum Gasteiger partial charge on any atom is -0.338 e. The van der Waals surface area contributed by atoms with Crippen molar-refractivity contribution in [3.8, 4) is 11.8 Å². The molecule has 132 valence electrons. The maximum Gasteiger partial charge on any atom is 0.267 e. The third-order valence-corrected chi connectivity index (χ3v) is 3.79. The summed E-state index contributed by atoms with van der Waals surface area (Å²) < 4.78 is 0. The number of hydrogen-bond donors (Lipinski definition) is 4. The number of allylic oxidation sites excluding steroid dienone is 1. The summed E-state index contributed by atoms with van der Waals surface area (Å²) in [7, 11) is 0. The number of carbonyl (C=O) groups is 2. The highest BCUT2D eigenvalue weighted by Gasteiger charge is 2.33. The van der Waals surface area contributed by atoms with Gasteiger partial charge in [-0.3, -0.25) is 14.8 Å². The van der Waals surface area contributed by atoms with Crippen LogP contribution in [0.5, 0.6) is 0 Å². The Morgan fingerprint density at radius 1 is 1.32 bits per heavy atom. The molecular formula is C19H23N3O3. The van der Waals surface area contributed by atoms with Gasteiger partial charge in [0.1, 0.15) is 6.04 Å². The van der Waals surface area contributed by atoms with Gasteiger partial charge in [0.2, 0.25) is 0 Å². The molecule has 1 fully saturated rings. The Labute approximate surface area is 147 Å². The number of carbonyl (C=O) groups excluding carboxylic acids is 2. The van der Waals surface area contributed by atoms with Crippen LogP contribution >= 0.6 is 0 Å². The number of rotatable bonds is 5. The van der Waals surface area contributed by atoms with E-state index in [0.717, 1.165) is 5.56 Å². The molecule has 1 aromatic carbocycles. The van der Waals surface area contributed by atoms with E-state index in [0.29, 0.717) is 11.5 Å². The number of nitrogens with one attached hydrogen (secondary N) is 2. The van der Waals surface area contributed by atoms with Crippen molar-refractivity contribution in [2.45, 2.75) is 38.3 Å². The van der Waals surface area contributed by atoms with Gasteiger partial charge in [0, 0.05) is 17.0 Å². The standard InChI is InChI=1S/C19H23N3O3/c1-19(2,20)16(18(24)22-25)21-17(23)15-11-9-14(10-12-15)6-4-3-5-13-7-8-13/h4,6,9-13,16,25H,7-8,20H2,1-2H3,(H,21,23)(H,22,24)/t16-/m1/s1. The maximum absolute atomic E-state index is 12.3. The quantitative estimate of drug-likeness (QED) is 0.370. The molecule has 2 amide bonds. The second-order valence-corrected chi connectivity index (χ2v) is 6.72. The summed E-state index contributed by atoms with van der Waals surface area (Å²) in [6.45, 7) is 3.17. The lowest BCUT2D eigenvalue weighted by Crippen LogP contribution is -2.61. The summed E-state index contributed by atoms with van der Waals surface area (Å²) in [4.78, 5) is 24.0. The Bertz CT molecular complexity index is 717. The monoisotopic (exact) mass is 341 g/mol. The van der Waals surface area contributed by atoms with Crippen molar-refractivity contribution in [2.24, 2.45) is 11.7 Å². The summed E-state index contributed by atoms with van der Waals surface area (Å²) in [6.07, 6.45) is 6.06. The van der Waals surface area contributed by atoms with E-state index >= 15 is 0 Å². The molecule has 1 aliphatic rings. The SMILES string of the molecule is CC(C)(N)[C@H](NC(=O)c1ccc(C=CC#CC2CC2)cc1)C(=O)NO. The van der Waals surface area contributed by atoms with Gasteiger partial charge in [-0.25, -0.2) is 5.48 Å². The molecule has 1 atom stereocenters. The second-order valence-electron chi connectivity index (χ2n) is 6.72. The number of amides is 2. The second kappa shape index (κ2) is 7.97. The van der Waals surface area contributed by atoms with Crippen molar-refractivity contribution in [2.75, 3.05) is 0 Å². The highest BCUT2D eigenvalue weighted by atomic mass is 16.5. The van der Waals surface area contributed by atoms with Crippen LogP contribution < -0.4 is 16.5 Å². The molecule has 6 heteroatoms. The van der Waals surface area contributed by atoms with Crippen molar-refractivity contribution in [3.05, 3.63) is 41.5 Å². The third-order valence-electron chi connectivity index (χ3n) is 3.79. The molecule has 0 radical (unpaired) electrons. The van der Waals surface area contributed by atoms with Crippen LogP contribution in [-0.2, 0) is 4.79 Å². The van der Waals surface area contributed by atoms with E-state index in [9.17, 15) is 9.59 Å². The molecule has 0 aliphatic heterocycles. The maximum atomic E-state index is 12.3. The van der Waals surface area contributed by atoms with Gasteiger partial charge >= 0.3 is 0 Å². The molecule has 0 unspecified atom stereocenters. The number of benzene rings is 1. The van der Waals surface area contributed by atoms with Crippen LogP contribution in [0.1, 0.15) is 42.6 Å². The molecule has 0 aromatic heterocycles. The van der Waals surface area contributed by atoms with Crippen LogP contribution in [-0.4, -0.2) is 28.6 Å². The lowest BCUT2D eigenvalue weighted by Gasteiger charge is -2.29. The first-order valence-corrected chi connectivity index (χ1v) is 8.12. The molecule has 1 aliphatic carbocycles. The van der Waals surface area contributed by atoms with Crippen LogP contribution in [0.25, 0.3) is 6.08 Å². The average Bonchev–Trinajstić information content (AvgIpc) is 3.39. The molecule has 0 spiro atoms. The normalized spacial score (nSPS) is 15.2. The van der Waals surface area contributed by atoms with E-state index in [2.05, 4.69) is 17.2 Å². The fourth-order valence-corrected chi connectivity index (χ4v) is 2.15. The summed E-state index contributed by atoms with van der Waals surface area (Å²) in [5, 5.41) is 11.3. The summed E-state index contributed by atoms with van der Waals surface area (Å²) in [5.41, 5.74) is 7.69. The molecule has 0 heterocycles. The molecular weight excluding hydrogens is 318 g/mol. The third kappa shape index (κ3) is 5.75. The van der Waals surface area contributed by atoms with E-state index in [1.165, 1.54) is 18.3 Å². The van der Waals surface area contributed by atoms with Gasteiger partial charge < -0.3 is 11.1 Å². The van der Waals surface area contributed by atoms with Crippen LogP contribution in [0.3, 0.4) is 0 Å². The summed E-state index contributed by atoms with van der Waals surface area (Å²) in [6, 6.07) is 5.82. The molecule has 6 nitrogen and oxygen atoms in total. The van der Waals surface area contributed by atoms with Crippen molar-refractivity contribution in [1.29, 1.82) is 0 Å². The number of hydrogen-bond acceptors (Lipinski definition) is 4. The van der Waals surface area contributed by atoms with E-state index in [1.54, 1.807) is 44.2 Å². The lowest BCUT2D eigenvalue weighted by molar-refractivity contribution is -0.132. The van der Waals surface area contributed by atoms with Gasteiger partial charge in [-0.15, -0.1) is 0 Å². The Balaban J connectivity index is 2.01. The topological polar surface area (TPSA) is 104 Å². The Morgan fingerprint density at radius 3 is 2.48 bits per heavy atom. The van der Waals surface area contributed by atoms with Crippen LogP contribution in [0, 0.1) is 17.8 Å². The Hall–Kier alpha value is -2.62. The van der Waals surface area contributed by atoms with Crippen molar-refractivity contribution in [1.82, 2.24) is 10.8 Å². The van der Waals surface area contributed by atoms with Crippen LogP contribution in [0.15, 0.2) is 30.3 Å². The molecule has 0 bridgehead atoms. The van der Waals surface area contributed by atoms with Gasteiger partial charge in [-0.05, 0) is 56.5 Å². The van der Waals surface area contributed by atoms with Gasteiger partial charge in [0.05, 0.1) is 0 Å². The molecule has 5 N–H and O–H groups in total. The van der Waals surface area contributed by atoms with Gasteiger partial charge in [0.15, 0.2) is 0 Å². The highest BCUT2D eigenvalue weighted by Crippen LogP contribution is 2.27. The van der Waals surface area contributed by atoms with Gasteiger partial charge in [-0.1, -0.05) is 24.0 Å². The average molecular weight is 341 g/mol. The highest BCUT2D eigenvalue weighted by molar-refractivity contribution is 5.98. The number of nitrogens with two attached hydrogens (primary N) is 1. The summed E-state index contributed by atoms with van der Waals surface area (Å²) >= 11 is 0. The lowest BCUT2D eigenvalue weighted by atomic mass is 9.95. The van der Waals surface area contributed by atoms with Crippen molar-refractivity contribution in [3.63, 3.8) is 0 Å².